The molecule has 3 rings (SSSR count). The molecule has 1 N–H and O–H groups in total. The second kappa shape index (κ2) is 9.87. The standard InChI is InChI=1S/C23H28N4O2/c1-4-5-16-29-20-11-9-19(10-12-20)23(28)25-15-13-21-17(2)26-27(18(21)3)22-8-6-7-14-24-22/h6-12,14H,4-5,13,15-16H2,1-3H3,(H,25,28). The van der Waals surface area contributed by atoms with Crippen LogP contribution in [0.2, 0.25) is 0 Å². The van der Waals surface area contributed by atoms with Crippen molar-refractivity contribution in [3.63, 3.8) is 0 Å². The average molecular weight is 393 g/mol. The summed E-state index contributed by atoms with van der Waals surface area (Å²) in [5, 5.41) is 7.59. The minimum absolute atomic E-state index is 0.0856. The summed E-state index contributed by atoms with van der Waals surface area (Å²) in [5.74, 6) is 1.50. The van der Waals surface area contributed by atoms with Crippen LogP contribution >= 0.6 is 0 Å². The van der Waals surface area contributed by atoms with Crippen LogP contribution < -0.4 is 10.1 Å². The number of carbonyl (C=O) groups excluding carboxylic acids is 1. The number of amides is 1. The molecule has 1 aromatic carbocycles. The lowest BCUT2D eigenvalue weighted by molar-refractivity contribution is 0.0954. The Morgan fingerprint density at radius 1 is 1.14 bits per heavy atom. The van der Waals surface area contributed by atoms with Gasteiger partial charge in [0.05, 0.1) is 12.3 Å². The molecule has 0 spiro atoms. The van der Waals surface area contributed by atoms with Crippen LogP contribution in [0.1, 0.15) is 47.1 Å². The Balaban J connectivity index is 1.56. The van der Waals surface area contributed by atoms with E-state index in [1.165, 1.54) is 0 Å². The minimum atomic E-state index is -0.0856. The predicted octanol–water partition coefficient (Wildman–Crippen LogP) is 4.04. The van der Waals surface area contributed by atoms with Gasteiger partial charge in [-0.2, -0.15) is 5.10 Å². The van der Waals surface area contributed by atoms with Crippen LogP contribution in [0.4, 0.5) is 0 Å². The third-order valence-corrected chi connectivity index (χ3v) is 4.85. The second-order valence-corrected chi connectivity index (χ2v) is 6.98. The van der Waals surface area contributed by atoms with E-state index in [1.54, 1.807) is 18.3 Å². The SMILES string of the molecule is CCCCOc1ccc(C(=O)NCCc2c(C)nn(-c3ccccn3)c2C)cc1. The number of carbonyl (C=O) groups is 1. The summed E-state index contributed by atoms with van der Waals surface area (Å²) in [5.41, 5.74) is 3.76. The first-order valence-corrected chi connectivity index (χ1v) is 10.1. The first-order valence-electron chi connectivity index (χ1n) is 10.1. The molecule has 0 bridgehead atoms. The molecule has 0 aliphatic heterocycles. The van der Waals surface area contributed by atoms with Crippen molar-refractivity contribution in [2.24, 2.45) is 0 Å². The largest absolute Gasteiger partial charge is 0.494 e. The zero-order valence-electron chi connectivity index (χ0n) is 17.3. The van der Waals surface area contributed by atoms with E-state index < -0.39 is 0 Å². The van der Waals surface area contributed by atoms with Crippen LogP contribution in [0.3, 0.4) is 0 Å². The van der Waals surface area contributed by atoms with Crippen molar-refractivity contribution in [2.75, 3.05) is 13.2 Å². The fraction of sp³-hybridized carbons (Fsp3) is 0.348. The fourth-order valence-electron chi connectivity index (χ4n) is 3.18. The normalized spacial score (nSPS) is 10.7. The summed E-state index contributed by atoms with van der Waals surface area (Å²) < 4.78 is 7.49. The van der Waals surface area contributed by atoms with E-state index in [1.807, 2.05) is 48.9 Å². The van der Waals surface area contributed by atoms with E-state index in [-0.39, 0.29) is 5.91 Å². The Labute approximate surface area is 171 Å². The van der Waals surface area contributed by atoms with Crippen molar-refractivity contribution in [2.45, 2.75) is 40.0 Å². The van der Waals surface area contributed by atoms with Gasteiger partial charge in [0.25, 0.3) is 5.91 Å². The van der Waals surface area contributed by atoms with Crippen molar-refractivity contribution >= 4 is 5.91 Å². The molecule has 3 aromatic rings. The minimum Gasteiger partial charge on any atom is -0.494 e. The Morgan fingerprint density at radius 3 is 2.62 bits per heavy atom. The molecule has 1 amide bonds. The number of unbranched alkanes of at least 4 members (excludes halogenated alkanes) is 1. The van der Waals surface area contributed by atoms with Gasteiger partial charge in [-0.3, -0.25) is 4.79 Å². The number of aryl methyl sites for hydroxylation is 1. The summed E-state index contributed by atoms with van der Waals surface area (Å²) in [7, 11) is 0. The van der Waals surface area contributed by atoms with Gasteiger partial charge >= 0.3 is 0 Å². The molecule has 0 radical (unpaired) electrons. The van der Waals surface area contributed by atoms with Gasteiger partial charge in [-0.15, -0.1) is 0 Å². The number of rotatable bonds is 9. The number of hydrogen-bond donors (Lipinski definition) is 1. The van der Waals surface area contributed by atoms with Crippen LogP contribution in [-0.2, 0) is 6.42 Å². The Kier molecular flexibility index (Phi) is 7.00. The van der Waals surface area contributed by atoms with Gasteiger partial charge in [-0.1, -0.05) is 19.4 Å². The summed E-state index contributed by atoms with van der Waals surface area (Å²) in [6, 6.07) is 13.0. The molecule has 2 heterocycles. The Bertz CT molecular complexity index is 934. The number of aromatic nitrogens is 3. The van der Waals surface area contributed by atoms with Crippen LogP contribution in [0, 0.1) is 13.8 Å². The van der Waals surface area contributed by atoms with Crippen LogP contribution in [-0.4, -0.2) is 33.8 Å². The number of nitrogens with zero attached hydrogens (tertiary/aromatic N) is 3. The third kappa shape index (κ3) is 5.22. The molecule has 0 atom stereocenters. The Morgan fingerprint density at radius 2 is 1.93 bits per heavy atom. The highest BCUT2D eigenvalue weighted by Crippen LogP contribution is 2.17. The van der Waals surface area contributed by atoms with Crippen molar-refractivity contribution in [1.29, 1.82) is 0 Å². The topological polar surface area (TPSA) is 69.0 Å². The quantitative estimate of drug-likeness (QED) is 0.558. The van der Waals surface area contributed by atoms with Gasteiger partial charge in [0.15, 0.2) is 5.82 Å². The molecule has 152 valence electrons. The summed E-state index contributed by atoms with van der Waals surface area (Å²) in [6.07, 6.45) is 4.60. The van der Waals surface area contributed by atoms with E-state index in [2.05, 4.69) is 22.3 Å². The van der Waals surface area contributed by atoms with E-state index in [0.717, 1.165) is 41.4 Å². The number of pyridine rings is 1. The zero-order valence-corrected chi connectivity index (χ0v) is 17.3. The first-order chi connectivity index (χ1) is 14.1. The summed E-state index contributed by atoms with van der Waals surface area (Å²) in [4.78, 5) is 16.8. The molecule has 0 aliphatic rings. The molecule has 2 aromatic heterocycles. The van der Waals surface area contributed by atoms with E-state index in [4.69, 9.17) is 4.74 Å². The third-order valence-electron chi connectivity index (χ3n) is 4.85. The van der Waals surface area contributed by atoms with Gasteiger partial charge in [-0.05, 0) is 68.7 Å². The molecule has 29 heavy (non-hydrogen) atoms. The average Bonchev–Trinajstić information content (AvgIpc) is 3.03. The maximum Gasteiger partial charge on any atom is 0.251 e. The van der Waals surface area contributed by atoms with Gasteiger partial charge in [-0.25, -0.2) is 9.67 Å². The molecular formula is C23H28N4O2. The number of ether oxygens (including phenoxy) is 1. The van der Waals surface area contributed by atoms with E-state index >= 15 is 0 Å². The lowest BCUT2D eigenvalue weighted by atomic mass is 10.1. The molecular weight excluding hydrogens is 364 g/mol. The zero-order chi connectivity index (χ0) is 20.6. The van der Waals surface area contributed by atoms with Crippen molar-refractivity contribution in [3.05, 3.63) is 71.2 Å². The highest BCUT2D eigenvalue weighted by atomic mass is 16.5. The summed E-state index contributed by atoms with van der Waals surface area (Å²) in [6.45, 7) is 7.39. The molecule has 0 fully saturated rings. The van der Waals surface area contributed by atoms with Gasteiger partial charge in [0, 0.05) is 24.0 Å². The molecule has 6 heteroatoms. The molecule has 0 saturated carbocycles. The maximum atomic E-state index is 12.4. The maximum absolute atomic E-state index is 12.4. The molecule has 0 aliphatic carbocycles. The smallest absolute Gasteiger partial charge is 0.251 e. The van der Waals surface area contributed by atoms with Crippen molar-refractivity contribution < 1.29 is 9.53 Å². The van der Waals surface area contributed by atoms with Crippen LogP contribution in [0.25, 0.3) is 5.82 Å². The molecule has 6 nitrogen and oxygen atoms in total. The van der Waals surface area contributed by atoms with Crippen molar-refractivity contribution in [3.8, 4) is 11.6 Å². The highest BCUT2D eigenvalue weighted by molar-refractivity contribution is 5.94. The van der Waals surface area contributed by atoms with Crippen LogP contribution in [0.5, 0.6) is 5.75 Å². The number of benzene rings is 1. The second-order valence-electron chi connectivity index (χ2n) is 6.98. The van der Waals surface area contributed by atoms with Crippen molar-refractivity contribution in [1.82, 2.24) is 20.1 Å². The Hall–Kier alpha value is -3.15. The first kappa shape index (κ1) is 20.6. The highest BCUT2D eigenvalue weighted by Gasteiger charge is 2.14. The number of hydrogen-bond acceptors (Lipinski definition) is 4. The van der Waals surface area contributed by atoms with Gasteiger partial charge < -0.3 is 10.1 Å². The lowest BCUT2D eigenvalue weighted by Gasteiger charge is -2.08. The molecule has 0 unspecified atom stereocenters. The summed E-state index contributed by atoms with van der Waals surface area (Å²) >= 11 is 0. The van der Waals surface area contributed by atoms with E-state index in [9.17, 15) is 4.79 Å². The van der Waals surface area contributed by atoms with Gasteiger partial charge in [0.2, 0.25) is 0 Å². The fourth-order valence-corrected chi connectivity index (χ4v) is 3.18. The molecule has 0 saturated heterocycles. The van der Waals surface area contributed by atoms with Gasteiger partial charge in [0.1, 0.15) is 5.75 Å². The predicted molar refractivity (Wildman–Crippen MR) is 114 cm³/mol. The van der Waals surface area contributed by atoms with E-state index in [0.29, 0.717) is 25.1 Å². The lowest BCUT2D eigenvalue weighted by Crippen LogP contribution is -2.25. The monoisotopic (exact) mass is 392 g/mol. The number of nitrogens with one attached hydrogen (secondary N) is 1. The van der Waals surface area contributed by atoms with Crippen LogP contribution in [0.15, 0.2) is 48.7 Å².